The fraction of sp³-hybridized carbons (Fsp3) is 0.375. The zero-order valence-corrected chi connectivity index (χ0v) is 18.9. The summed E-state index contributed by atoms with van der Waals surface area (Å²) in [5.74, 6) is 1.03. The SMILES string of the molecule is CC(C)(C)Cn1c(N)nc2ncc(-c3nc(C(C)(C)C)[nH]c3-c3ccc(F)cc3)cc21. The van der Waals surface area contributed by atoms with Gasteiger partial charge in [0.2, 0.25) is 5.95 Å². The van der Waals surface area contributed by atoms with Crippen LogP contribution in [0.25, 0.3) is 33.7 Å². The molecule has 3 heterocycles. The Balaban J connectivity index is 1.91. The minimum absolute atomic E-state index is 0.0305. The monoisotopic (exact) mass is 420 g/mol. The van der Waals surface area contributed by atoms with Crippen LogP contribution in [-0.4, -0.2) is 24.5 Å². The van der Waals surface area contributed by atoms with Gasteiger partial charge in [0.15, 0.2) is 5.65 Å². The first kappa shape index (κ1) is 21.0. The van der Waals surface area contributed by atoms with Crippen molar-refractivity contribution < 1.29 is 4.39 Å². The lowest BCUT2D eigenvalue weighted by molar-refractivity contribution is 0.351. The lowest BCUT2D eigenvalue weighted by Gasteiger charge is -2.20. The van der Waals surface area contributed by atoms with Crippen LogP contribution in [0.15, 0.2) is 36.5 Å². The predicted molar refractivity (Wildman–Crippen MR) is 123 cm³/mol. The summed E-state index contributed by atoms with van der Waals surface area (Å²) < 4.78 is 15.5. The Labute approximate surface area is 181 Å². The summed E-state index contributed by atoms with van der Waals surface area (Å²) in [5.41, 5.74) is 10.9. The summed E-state index contributed by atoms with van der Waals surface area (Å²) >= 11 is 0. The van der Waals surface area contributed by atoms with Gasteiger partial charge in [0.25, 0.3) is 0 Å². The molecule has 7 heteroatoms. The quantitative estimate of drug-likeness (QED) is 0.455. The third kappa shape index (κ3) is 4.17. The molecule has 0 atom stereocenters. The van der Waals surface area contributed by atoms with Crippen LogP contribution < -0.4 is 5.73 Å². The summed E-state index contributed by atoms with van der Waals surface area (Å²) in [6, 6.07) is 8.46. The third-order valence-corrected chi connectivity index (χ3v) is 5.09. The fourth-order valence-corrected chi connectivity index (χ4v) is 3.56. The number of nitrogens with one attached hydrogen (secondary N) is 1. The molecule has 0 saturated heterocycles. The number of aromatic nitrogens is 5. The number of nitrogens with two attached hydrogens (primary N) is 1. The molecule has 3 N–H and O–H groups in total. The van der Waals surface area contributed by atoms with Gasteiger partial charge in [-0.15, -0.1) is 0 Å². The second-order valence-corrected chi connectivity index (χ2v) is 10.2. The van der Waals surface area contributed by atoms with Crippen molar-refractivity contribution in [3.05, 3.63) is 48.2 Å². The number of hydrogen-bond donors (Lipinski definition) is 2. The summed E-state index contributed by atoms with van der Waals surface area (Å²) in [4.78, 5) is 17.4. The van der Waals surface area contributed by atoms with E-state index in [1.165, 1.54) is 12.1 Å². The second kappa shape index (κ2) is 7.18. The van der Waals surface area contributed by atoms with Crippen molar-refractivity contribution in [3.63, 3.8) is 0 Å². The van der Waals surface area contributed by atoms with Gasteiger partial charge in [0.1, 0.15) is 11.6 Å². The van der Waals surface area contributed by atoms with Gasteiger partial charge in [0, 0.05) is 29.3 Å². The summed E-state index contributed by atoms with van der Waals surface area (Å²) in [6.45, 7) is 13.5. The molecule has 4 rings (SSSR count). The van der Waals surface area contributed by atoms with Gasteiger partial charge >= 0.3 is 0 Å². The molecule has 0 radical (unpaired) electrons. The van der Waals surface area contributed by atoms with E-state index in [2.05, 4.69) is 56.5 Å². The van der Waals surface area contributed by atoms with Crippen molar-refractivity contribution >= 4 is 17.1 Å². The van der Waals surface area contributed by atoms with Crippen LogP contribution in [0.2, 0.25) is 0 Å². The van der Waals surface area contributed by atoms with Gasteiger partial charge in [-0.2, -0.15) is 4.98 Å². The Morgan fingerprint density at radius 3 is 2.29 bits per heavy atom. The molecule has 0 amide bonds. The smallest absolute Gasteiger partial charge is 0.202 e. The van der Waals surface area contributed by atoms with E-state index in [-0.39, 0.29) is 16.6 Å². The summed E-state index contributed by atoms with van der Waals surface area (Å²) in [5, 5.41) is 0. The number of hydrogen-bond acceptors (Lipinski definition) is 4. The first-order valence-corrected chi connectivity index (χ1v) is 10.4. The molecule has 3 aromatic heterocycles. The number of rotatable bonds is 3. The number of fused-ring (bicyclic) bond motifs is 1. The third-order valence-electron chi connectivity index (χ3n) is 5.09. The van der Waals surface area contributed by atoms with E-state index in [0.717, 1.165) is 40.4 Å². The van der Waals surface area contributed by atoms with Crippen molar-refractivity contribution in [1.29, 1.82) is 0 Å². The van der Waals surface area contributed by atoms with E-state index < -0.39 is 0 Å². The van der Waals surface area contributed by atoms with Crippen LogP contribution in [0.3, 0.4) is 0 Å². The maximum atomic E-state index is 13.5. The molecule has 0 unspecified atom stereocenters. The number of benzene rings is 1. The number of pyridine rings is 1. The molecule has 162 valence electrons. The highest BCUT2D eigenvalue weighted by Crippen LogP contribution is 2.35. The number of halogens is 1. The molecular weight excluding hydrogens is 391 g/mol. The lowest BCUT2D eigenvalue weighted by atomic mass is 9.96. The summed E-state index contributed by atoms with van der Waals surface area (Å²) in [7, 11) is 0. The average Bonchev–Trinajstić information content (AvgIpc) is 3.23. The Morgan fingerprint density at radius 2 is 1.68 bits per heavy atom. The fourth-order valence-electron chi connectivity index (χ4n) is 3.56. The molecule has 0 spiro atoms. The largest absolute Gasteiger partial charge is 0.369 e. The van der Waals surface area contributed by atoms with Crippen molar-refractivity contribution in [2.24, 2.45) is 5.41 Å². The number of H-pyrrole nitrogens is 1. The number of nitrogen functional groups attached to an aromatic ring is 1. The van der Waals surface area contributed by atoms with E-state index in [1.807, 2.05) is 10.6 Å². The Hall–Kier alpha value is -3.22. The van der Waals surface area contributed by atoms with Gasteiger partial charge in [0.05, 0.1) is 16.9 Å². The van der Waals surface area contributed by atoms with Crippen LogP contribution in [0.4, 0.5) is 10.3 Å². The van der Waals surface area contributed by atoms with E-state index in [0.29, 0.717) is 11.6 Å². The molecule has 0 fully saturated rings. The number of anilines is 1. The number of nitrogens with zero attached hydrogens (tertiary/aromatic N) is 4. The molecule has 0 saturated carbocycles. The summed E-state index contributed by atoms with van der Waals surface area (Å²) in [6.07, 6.45) is 1.77. The normalized spacial score (nSPS) is 12.6. The predicted octanol–water partition coefficient (Wildman–Crippen LogP) is 5.55. The highest BCUT2D eigenvalue weighted by atomic mass is 19.1. The first-order valence-electron chi connectivity index (χ1n) is 10.4. The van der Waals surface area contributed by atoms with Gasteiger partial charge in [-0.25, -0.2) is 14.4 Å². The highest BCUT2D eigenvalue weighted by Gasteiger charge is 2.24. The molecule has 31 heavy (non-hydrogen) atoms. The van der Waals surface area contributed by atoms with Gasteiger partial charge in [-0.1, -0.05) is 41.5 Å². The zero-order chi connectivity index (χ0) is 22.6. The van der Waals surface area contributed by atoms with Crippen LogP contribution >= 0.6 is 0 Å². The maximum absolute atomic E-state index is 13.5. The Bertz CT molecular complexity index is 1240. The molecular formula is C24H29FN6. The molecule has 0 aliphatic rings. The minimum atomic E-state index is -0.273. The van der Waals surface area contributed by atoms with E-state index >= 15 is 0 Å². The molecule has 4 aromatic rings. The van der Waals surface area contributed by atoms with Crippen molar-refractivity contribution in [2.45, 2.75) is 53.5 Å². The van der Waals surface area contributed by atoms with Crippen molar-refractivity contribution in [3.8, 4) is 22.5 Å². The van der Waals surface area contributed by atoms with E-state index in [4.69, 9.17) is 10.7 Å². The Morgan fingerprint density at radius 1 is 1.00 bits per heavy atom. The molecule has 0 aliphatic carbocycles. The molecule has 0 aliphatic heterocycles. The van der Waals surface area contributed by atoms with Crippen LogP contribution in [0.1, 0.15) is 47.4 Å². The van der Waals surface area contributed by atoms with Crippen LogP contribution in [-0.2, 0) is 12.0 Å². The lowest BCUT2D eigenvalue weighted by Crippen LogP contribution is -2.17. The highest BCUT2D eigenvalue weighted by molar-refractivity contribution is 5.84. The van der Waals surface area contributed by atoms with Gasteiger partial charge < -0.3 is 15.3 Å². The van der Waals surface area contributed by atoms with E-state index in [9.17, 15) is 4.39 Å². The van der Waals surface area contributed by atoms with Crippen molar-refractivity contribution in [1.82, 2.24) is 24.5 Å². The second-order valence-electron chi connectivity index (χ2n) is 10.2. The maximum Gasteiger partial charge on any atom is 0.202 e. The molecule has 6 nitrogen and oxygen atoms in total. The molecule has 0 bridgehead atoms. The molecule has 1 aromatic carbocycles. The topological polar surface area (TPSA) is 85.4 Å². The van der Waals surface area contributed by atoms with Crippen molar-refractivity contribution in [2.75, 3.05) is 5.73 Å². The van der Waals surface area contributed by atoms with Crippen LogP contribution in [0.5, 0.6) is 0 Å². The average molecular weight is 421 g/mol. The van der Waals surface area contributed by atoms with Crippen LogP contribution in [0, 0.1) is 11.2 Å². The van der Waals surface area contributed by atoms with E-state index in [1.54, 1.807) is 18.3 Å². The Kier molecular flexibility index (Phi) is 4.87. The van der Waals surface area contributed by atoms with Gasteiger partial charge in [-0.05, 0) is 35.7 Å². The minimum Gasteiger partial charge on any atom is -0.369 e. The number of aromatic amines is 1. The first-order chi connectivity index (χ1) is 14.4. The van der Waals surface area contributed by atoms with Gasteiger partial charge in [-0.3, -0.25) is 0 Å². The zero-order valence-electron chi connectivity index (χ0n) is 18.9. The standard InChI is InChI=1S/C24H29FN6/c1-23(2,3)13-31-17-11-15(12-27-20(17)30-22(31)26)19-18(14-7-9-16(25)10-8-14)28-21(29-19)24(4,5)6/h7-12H,13H2,1-6H3,(H,28,29)(H2,26,27,30). The number of imidazole rings is 2.